The van der Waals surface area contributed by atoms with E-state index in [1.54, 1.807) is 18.2 Å². The van der Waals surface area contributed by atoms with Crippen molar-refractivity contribution in [2.24, 2.45) is 0 Å². The van der Waals surface area contributed by atoms with E-state index in [2.05, 4.69) is 21.2 Å². The van der Waals surface area contributed by atoms with Crippen LogP contribution in [0.5, 0.6) is 0 Å². The summed E-state index contributed by atoms with van der Waals surface area (Å²) in [5.41, 5.74) is 2.39. The van der Waals surface area contributed by atoms with E-state index >= 15 is 0 Å². The highest BCUT2D eigenvalue weighted by Crippen LogP contribution is 2.20. The summed E-state index contributed by atoms with van der Waals surface area (Å²) in [5, 5.41) is 2.80. The molecule has 1 N–H and O–H groups in total. The van der Waals surface area contributed by atoms with Gasteiger partial charge in [-0.25, -0.2) is 4.39 Å². The molecule has 0 aromatic heterocycles. The Morgan fingerprint density at radius 2 is 1.83 bits per heavy atom. The third-order valence-electron chi connectivity index (χ3n) is 3.53. The van der Waals surface area contributed by atoms with Crippen LogP contribution in [0.2, 0.25) is 0 Å². The van der Waals surface area contributed by atoms with Crippen molar-refractivity contribution in [3.63, 3.8) is 0 Å². The maximum atomic E-state index is 13.0. The highest BCUT2D eigenvalue weighted by molar-refractivity contribution is 9.10. The summed E-state index contributed by atoms with van der Waals surface area (Å²) in [6.07, 6.45) is 0. The molecule has 2 aromatic carbocycles. The predicted octanol–water partition coefficient (Wildman–Crippen LogP) is 3.88. The summed E-state index contributed by atoms with van der Waals surface area (Å²) in [4.78, 5) is 25.4. The average molecular weight is 393 g/mol. The van der Waals surface area contributed by atoms with Gasteiger partial charge in [-0.1, -0.05) is 28.1 Å². The molecule has 0 saturated carbocycles. The average Bonchev–Trinajstić information content (AvgIpc) is 2.51. The number of nitrogens with one attached hydrogen (secondary N) is 1. The molecule has 0 bridgehead atoms. The van der Waals surface area contributed by atoms with E-state index in [0.717, 1.165) is 15.6 Å². The van der Waals surface area contributed by atoms with Crippen LogP contribution in [0.15, 0.2) is 46.9 Å². The summed E-state index contributed by atoms with van der Waals surface area (Å²) in [6.45, 7) is 3.48. The van der Waals surface area contributed by atoms with Gasteiger partial charge in [0.25, 0.3) is 0 Å². The summed E-state index contributed by atoms with van der Waals surface area (Å²) >= 11 is 3.37. The molecule has 0 unspecified atom stereocenters. The van der Waals surface area contributed by atoms with Crippen molar-refractivity contribution >= 4 is 33.4 Å². The van der Waals surface area contributed by atoms with Crippen LogP contribution >= 0.6 is 15.9 Å². The van der Waals surface area contributed by atoms with E-state index in [-0.39, 0.29) is 30.7 Å². The molecule has 0 fully saturated rings. The number of amides is 2. The molecule has 126 valence electrons. The summed E-state index contributed by atoms with van der Waals surface area (Å²) < 4.78 is 13.9. The standard InChI is InChI=1S/C18H18BrFN2O2/c1-12-9-15(19)5-8-17(12)21-18(24)11-22(13(2)23)10-14-3-6-16(20)7-4-14/h3-9H,10-11H2,1-2H3,(H,21,24). The van der Waals surface area contributed by atoms with Gasteiger partial charge in [0.2, 0.25) is 11.8 Å². The van der Waals surface area contributed by atoms with Gasteiger partial charge >= 0.3 is 0 Å². The number of nitrogens with zero attached hydrogens (tertiary/aromatic N) is 1. The van der Waals surface area contributed by atoms with Gasteiger partial charge in [0.1, 0.15) is 12.4 Å². The number of benzene rings is 2. The van der Waals surface area contributed by atoms with Gasteiger partial charge in [-0.2, -0.15) is 0 Å². The molecule has 2 amide bonds. The molecule has 0 aliphatic heterocycles. The zero-order valence-corrected chi connectivity index (χ0v) is 15.1. The van der Waals surface area contributed by atoms with Gasteiger partial charge in [-0.15, -0.1) is 0 Å². The fourth-order valence-corrected chi connectivity index (χ4v) is 2.69. The van der Waals surface area contributed by atoms with Gasteiger partial charge in [0, 0.05) is 23.6 Å². The van der Waals surface area contributed by atoms with Crippen molar-refractivity contribution in [3.05, 3.63) is 63.9 Å². The first-order valence-electron chi connectivity index (χ1n) is 7.41. The fourth-order valence-electron chi connectivity index (χ4n) is 2.22. The van der Waals surface area contributed by atoms with E-state index in [9.17, 15) is 14.0 Å². The second-order valence-electron chi connectivity index (χ2n) is 5.51. The molecule has 0 atom stereocenters. The second-order valence-corrected chi connectivity index (χ2v) is 6.42. The minimum Gasteiger partial charge on any atom is -0.329 e. The first kappa shape index (κ1) is 18.1. The minimum absolute atomic E-state index is 0.0672. The van der Waals surface area contributed by atoms with E-state index in [1.807, 2.05) is 19.1 Å². The van der Waals surface area contributed by atoms with Gasteiger partial charge < -0.3 is 10.2 Å². The zero-order chi connectivity index (χ0) is 17.7. The van der Waals surface area contributed by atoms with Crippen molar-refractivity contribution in [2.45, 2.75) is 20.4 Å². The van der Waals surface area contributed by atoms with Gasteiger partial charge in [-0.3, -0.25) is 9.59 Å². The Morgan fingerprint density at radius 3 is 2.42 bits per heavy atom. The van der Waals surface area contributed by atoms with Crippen LogP contribution in [0.25, 0.3) is 0 Å². The van der Waals surface area contributed by atoms with Gasteiger partial charge in [-0.05, 0) is 48.4 Å². The third-order valence-corrected chi connectivity index (χ3v) is 4.02. The zero-order valence-electron chi connectivity index (χ0n) is 13.5. The molecule has 24 heavy (non-hydrogen) atoms. The molecular weight excluding hydrogens is 375 g/mol. The second kappa shape index (κ2) is 8.06. The lowest BCUT2D eigenvalue weighted by Gasteiger charge is -2.21. The largest absolute Gasteiger partial charge is 0.329 e. The van der Waals surface area contributed by atoms with Crippen LogP contribution in [-0.4, -0.2) is 23.3 Å². The van der Waals surface area contributed by atoms with Crippen LogP contribution in [0, 0.1) is 12.7 Å². The van der Waals surface area contributed by atoms with E-state index in [1.165, 1.54) is 24.0 Å². The Labute approximate surface area is 148 Å². The molecule has 2 aromatic rings. The SMILES string of the molecule is CC(=O)N(CC(=O)Nc1ccc(Br)cc1C)Cc1ccc(F)cc1. The Bertz CT molecular complexity index is 747. The van der Waals surface area contributed by atoms with Crippen LogP contribution < -0.4 is 5.32 Å². The Hall–Kier alpha value is -2.21. The molecule has 4 nitrogen and oxygen atoms in total. The molecule has 6 heteroatoms. The lowest BCUT2D eigenvalue weighted by molar-refractivity contribution is -0.133. The quantitative estimate of drug-likeness (QED) is 0.838. The molecule has 0 saturated heterocycles. The molecule has 0 heterocycles. The van der Waals surface area contributed by atoms with Crippen LogP contribution in [0.4, 0.5) is 10.1 Å². The smallest absolute Gasteiger partial charge is 0.244 e. The highest BCUT2D eigenvalue weighted by Gasteiger charge is 2.15. The van der Waals surface area contributed by atoms with Crippen molar-refractivity contribution in [1.29, 1.82) is 0 Å². The summed E-state index contributed by atoms with van der Waals surface area (Å²) in [5.74, 6) is -0.837. The number of aryl methyl sites for hydroxylation is 1. The molecule has 0 spiro atoms. The lowest BCUT2D eigenvalue weighted by atomic mass is 10.2. The number of carbonyl (C=O) groups is 2. The molecule has 0 aliphatic carbocycles. The molecule has 0 radical (unpaired) electrons. The van der Waals surface area contributed by atoms with Crippen LogP contribution in [0.1, 0.15) is 18.1 Å². The topological polar surface area (TPSA) is 49.4 Å². The van der Waals surface area contributed by atoms with E-state index in [0.29, 0.717) is 5.69 Å². The van der Waals surface area contributed by atoms with Gasteiger partial charge in [0.15, 0.2) is 0 Å². The number of rotatable bonds is 5. The van der Waals surface area contributed by atoms with Crippen LogP contribution in [0.3, 0.4) is 0 Å². The maximum Gasteiger partial charge on any atom is 0.244 e. The first-order chi connectivity index (χ1) is 11.3. The molecule has 2 rings (SSSR count). The number of anilines is 1. The predicted molar refractivity (Wildman–Crippen MR) is 95.0 cm³/mol. The Morgan fingerprint density at radius 1 is 1.17 bits per heavy atom. The molecule has 0 aliphatic rings. The highest BCUT2D eigenvalue weighted by atomic mass is 79.9. The third kappa shape index (κ3) is 5.16. The molecular formula is C18H18BrFN2O2. The first-order valence-corrected chi connectivity index (χ1v) is 8.20. The summed E-state index contributed by atoms with van der Waals surface area (Å²) in [7, 11) is 0. The van der Waals surface area contributed by atoms with Crippen LogP contribution in [-0.2, 0) is 16.1 Å². The van der Waals surface area contributed by atoms with Crippen molar-refractivity contribution in [2.75, 3.05) is 11.9 Å². The number of carbonyl (C=O) groups excluding carboxylic acids is 2. The van der Waals surface area contributed by atoms with Gasteiger partial charge in [0.05, 0.1) is 0 Å². The van der Waals surface area contributed by atoms with Crippen molar-refractivity contribution < 1.29 is 14.0 Å². The number of hydrogen-bond acceptors (Lipinski definition) is 2. The number of halogens is 2. The number of hydrogen-bond donors (Lipinski definition) is 1. The Kier molecular flexibility index (Phi) is 6.09. The van der Waals surface area contributed by atoms with Crippen molar-refractivity contribution in [1.82, 2.24) is 4.90 Å². The van der Waals surface area contributed by atoms with E-state index < -0.39 is 0 Å². The minimum atomic E-state index is -0.336. The summed E-state index contributed by atoms with van der Waals surface area (Å²) in [6, 6.07) is 11.4. The Balaban J connectivity index is 2.02. The fraction of sp³-hybridized carbons (Fsp3) is 0.222. The van der Waals surface area contributed by atoms with Crippen molar-refractivity contribution in [3.8, 4) is 0 Å². The normalized spacial score (nSPS) is 10.3. The maximum absolute atomic E-state index is 13.0. The monoisotopic (exact) mass is 392 g/mol. The lowest BCUT2D eigenvalue weighted by Crippen LogP contribution is -2.36. The van der Waals surface area contributed by atoms with E-state index in [4.69, 9.17) is 0 Å².